The van der Waals surface area contributed by atoms with Gasteiger partial charge in [-0.25, -0.2) is 29.9 Å². The minimum atomic E-state index is -1.60. The van der Waals surface area contributed by atoms with E-state index in [1.807, 2.05) is 0 Å². The first-order valence-corrected chi connectivity index (χ1v) is 14.7. The van der Waals surface area contributed by atoms with Gasteiger partial charge in [-0.05, 0) is 19.4 Å². The summed E-state index contributed by atoms with van der Waals surface area (Å²) in [6, 6.07) is 0. The van der Waals surface area contributed by atoms with E-state index < -0.39 is 5.54 Å². The highest BCUT2D eigenvalue weighted by Crippen LogP contribution is 2.23. The summed E-state index contributed by atoms with van der Waals surface area (Å²) in [5, 5.41) is 0. The van der Waals surface area contributed by atoms with E-state index in [4.69, 9.17) is 22.9 Å². The molecule has 42 heavy (non-hydrogen) atoms. The number of hydrogen-bond donors (Lipinski definition) is 4. The number of anilines is 2. The number of ketones is 2. The van der Waals surface area contributed by atoms with Gasteiger partial charge in [0, 0.05) is 25.9 Å². The molecule has 0 fully saturated rings. The van der Waals surface area contributed by atoms with Gasteiger partial charge in [-0.15, -0.1) is 0 Å². The van der Waals surface area contributed by atoms with Crippen LogP contribution in [-0.2, 0) is 22.7 Å². The fraction of sp³-hybridized carbons (Fsp3) is 0.571. The van der Waals surface area contributed by atoms with Gasteiger partial charge in [0.15, 0.2) is 34.5 Å². The van der Waals surface area contributed by atoms with Crippen molar-refractivity contribution in [2.45, 2.75) is 95.7 Å². The first-order chi connectivity index (χ1) is 20.3. The van der Waals surface area contributed by atoms with Crippen molar-refractivity contribution in [1.29, 1.82) is 0 Å². The van der Waals surface area contributed by atoms with Crippen LogP contribution in [0.4, 0.5) is 11.6 Å². The summed E-state index contributed by atoms with van der Waals surface area (Å²) in [5.41, 5.74) is 24.4. The van der Waals surface area contributed by atoms with Gasteiger partial charge in [-0.3, -0.25) is 9.59 Å². The summed E-state index contributed by atoms with van der Waals surface area (Å²) in [5.74, 6) is -0.0808. The van der Waals surface area contributed by atoms with Crippen LogP contribution in [-0.4, -0.2) is 62.7 Å². The highest BCUT2D eigenvalue weighted by atomic mass is 16.2. The van der Waals surface area contributed by atoms with Crippen molar-refractivity contribution in [2.24, 2.45) is 11.5 Å². The summed E-state index contributed by atoms with van der Waals surface area (Å²) < 4.78 is 3.46. The summed E-state index contributed by atoms with van der Waals surface area (Å²) in [7, 11) is 0. The van der Waals surface area contributed by atoms with Crippen LogP contribution in [0.5, 0.6) is 0 Å². The van der Waals surface area contributed by atoms with E-state index in [9.17, 15) is 9.59 Å². The van der Waals surface area contributed by atoms with Crippen molar-refractivity contribution >= 4 is 45.5 Å². The first-order valence-electron chi connectivity index (χ1n) is 14.7. The molecule has 226 valence electrons. The van der Waals surface area contributed by atoms with Crippen LogP contribution in [0.2, 0.25) is 0 Å². The molecule has 0 aliphatic heterocycles. The van der Waals surface area contributed by atoms with Crippen LogP contribution in [0.25, 0.3) is 22.3 Å². The Kier molecular flexibility index (Phi) is 10.8. The Hall–Kier alpha value is -4.04. The Morgan fingerprint density at radius 1 is 0.643 bits per heavy atom. The second-order valence-corrected chi connectivity index (χ2v) is 10.8. The van der Waals surface area contributed by atoms with Gasteiger partial charge in [-0.1, -0.05) is 51.4 Å². The van der Waals surface area contributed by atoms with Crippen LogP contribution >= 0.6 is 0 Å². The molecule has 0 aromatic carbocycles. The van der Waals surface area contributed by atoms with Gasteiger partial charge < -0.3 is 32.1 Å². The summed E-state index contributed by atoms with van der Waals surface area (Å²) in [6.45, 7) is 1.29. The average Bonchev–Trinajstić information content (AvgIpc) is 3.61. The molecule has 4 aromatic heterocycles. The quantitative estimate of drug-likeness (QED) is 0.0928. The van der Waals surface area contributed by atoms with Crippen molar-refractivity contribution < 1.29 is 9.59 Å². The number of fused-ring (bicyclic) bond motifs is 2. The number of nitrogens with zero attached hydrogens (tertiary/aromatic N) is 8. The molecular formula is C28H42N12O2. The molecule has 0 amide bonds. The van der Waals surface area contributed by atoms with Crippen molar-refractivity contribution in [3.63, 3.8) is 0 Å². The van der Waals surface area contributed by atoms with Crippen molar-refractivity contribution in [3.8, 4) is 0 Å². The lowest BCUT2D eigenvalue weighted by atomic mass is 9.81. The molecule has 0 saturated heterocycles. The highest BCUT2D eigenvalue weighted by molar-refractivity contribution is 6.11. The number of unbranched alkanes of at least 4 members (excludes halogenated alkanes) is 8. The lowest BCUT2D eigenvalue weighted by molar-refractivity contribution is -0.135. The lowest BCUT2D eigenvalue weighted by Gasteiger charge is -2.27. The second kappa shape index (κ2) is 14.7. The number of imidazole rings is 2. The average molecular weight is 579 g/mol. The molecule has 4 aromatic rings. The molecule has 0 aliphatic carbocycles. The zero-order valence-electron chi connectivity index (χ0n) is 24.1. The van der Waals surface area contributed by atoms with E-state index in [0.717, 1.165) is 32.2 Å². The van der Waals surface area contributed by atoms with Crippen molar-refractivity contribution in [3.05, 3.63) is 25.3 Å². The molecule has 0 radical (unpaired) electrons. The van der Waals surface area contributed by atoms with Crippen molar-refractivity contribution in [2.75, 3.05) is 18.0 Å². The Labute approximate surface area is 244 Å². The van der Waals surface area contributed by atoms with Crippen LogP contribution in [0.15, 0.2) is 25.3 Å². The molecular weight excluding hydrogens is 536 g/mol. The Bertz CT molecular complexity index is 1380. The summed E-state index contributed by atoms with van der Waals surface area (Å²) in [4.78, 5) is 52.1. The van der Waals surface area contributed by atoms with Gasteiger partial charge in [0.2, 0.25) is 0 Å². The largest absolute Gasteiger partial charge is 0.382 e. The minimum absolute atomic E-state index is 0.0537. The third-order valence-electron chi connectivity index (χ3n) is 7.79. The molecule has 0 atom stereocenters. The number of hydrogen-bond acceptors (Lipinski definition) is 12. The topological polar surface area (TPSA) is 225 Å². The number of carbonyl (C=O) groups excluding carboxylic acids is 2. The number of nitrogens with two attached hydrogens (primary N) is 4. The number of aromatic nitrogens is 8. The van der Waals surface area contributed by atoms with Gasteiger partial charge >= 0.3 is 0 Å². The van der Waals surface area contributed by atoms with E-state index >= 15 is 0 Å². The molecule has 4 rings (SSSR count). The van der Waals surface area contributed by atoms with E-state index in [-0.39, 0.29) is 49.1 Å². The number of rotatable bonds is 19. The summed E-state index contributed by atoms with van der Waals surface area (Å²) >= 11 is 0. The molecule has 0 saturated carbocycles. The van der Waals surface area contributed by atoms with Gasteiger partial charge in [0.25, 0.3) is 0 Å². The zero-order chi connectivity index (χ0) is 30.0. The van der Waals surface area contributed by atoms with E-state index in [1.165, 1.54) is 38.3 Å². The fourth-order valence-corrected chi connectivity index (χ4v) is 5.23. The molecule has 14 nitrogen and oxygen atoms in total. The number of nitrogen functional groups attached to an aromatic ring is 2. The Morgan fingerprint density at radius 2 is 1.07 bits per heavy atom. The predicted molar refractivity (Wildman–Crippen MR) is 161 cm³/mol. The molecule has 0 unspecified atom stereocenters. The number of Topliss-reactive ketones (excluding diaryl/α,β-unsaturated/α-hetero) is 2. The van der Waals surface area contributed by atoms with Gasteiger partial charge in [-0.2, -0.15) is 0 Å². The number of aryl methyl sites for hydroxylation is 2. The molecule has 0 bridgehead atoms. The normalized spacial score (nSPS) is 12.0. The lowest BCUT2D eigenvalue weighted by Crippen LogP contribution is -2.55. The van der Waals surface area contributed by atoms with E-state index in [0.29, 0.717) is 35.2 Å². The van der Waals surface area contributed by atoms with Crippen LogP contribution < -0.4 is 22.9 Å². The van der Waals surface area contributed by atoms with Crippen LogP contribution in [0.3, 0.4) is 0 Å². The highest BCUT2D eigenvalue weighted by Gasteiger charge is 2.40. The maximum atomic E-state index is 13.6. The number of carbonyl (C=O) groups is 2. The van der Waals surface area contributed by atoms with E-state index in [2.05, 4.69) is 29.9 Å². The van der Waals surface area contributed by atoms with Gasteiger partial charge in [0.05, 0.1) is 12.7 Å². The Morgan fingerprint density at radius 3 is 1.52 bits per heavy atom. The molecule has 0 aliphatic rings. The van der Waals surface area contributed by atoms with Crippen LogP contribution in [0.1, 0.15) is 77.0 Å². The van der Waals surface area contributed by atoms with Gasteiger partial charge in [0.1, 0.15) is 29.2 Å². The third kappa shape index (κ3) is 7.42. The maximum Gasteiger partial charge on any atom is 0.165 e. The predicted octanol–water partition coefficient (Wildman–Crippen LogP) is 2.31. The molecule has 14 heteroatoms. The fourth-order valence-electron chi connectivity index (χ4n) is 5.23. The first kappa shape index (κ1) is 30.9. The van der Waals surface area contributed by atoms with E-state index in [1.54, 1.807) is 21.8 Å². The zero-order valence-corrected chi connectivity index (χ0v) is 24.1. The Balaban J connectivity index is 1.37. The molecule has 0 spiro atoms. The SMILES string of the molecule is NCCCCCCCCCCCC(N)(C(=O)CCn1cnc2c(N)ncnc21)C(=O)CCn1cnc2c(N)ncnc21. The smallest absolute Gasteiger partial charge is 0.165 e. The second-order valence-electron chi connectivity index (χ2n) is 10.8. The molecule has 8 N–H and O–H groups in total. The summed E-state index contributed by atoms with van der Waals surface area (Å²) in [6.07, 6.45) is 15.9. The van der Waals surface area contributed by atoms with Crippen molar-refractivity contribution in [1.82, 2.24) is 39.0 Å². The third-order valence-corrected chi connectivity index (χ3v) is 7.79. The maximum absolute atomic E-state index is 13.6. The standard InChI is InChI=1S/C28H42N12O2/c29-13-9-7-5-3-1-2-4-6-8-12-28(32,20(41)10-14-39-18-37-22-24(30)33-16-35-26(22)39)21(42)11-15-40-19-38-23-25(31)34-17-36-27(23)40/h16-19H,1-15,29,32H2,(H2,30,33,35)(H2,31,34,36). The minimum Gasteiger partial charge on any atom is -0.382 e. The van der Waals surface area contributed by atoms with Crippen LogP contribution in [0, 0.1) is 0 Å². The monoisotopic (exact) mass is 578 g/mol. The molecule has 4 heterocycles.